The minimum absolute atomic E-state index is 0.400. The second-order valence-electron chi connectivity index (χ2n) is 13.6. The maximum absolute atomic E-state index is 4.72. The molecule has 2 nitrogen and oxygen atoms in total. The van der Waals surface area contributed by atoms with Gasteiger partial charge in [0.05, 0.1) is 18.3 Å². The fourth-order valence-corrected chi connectivity index (χ4v) is 9.37. The van der Waals surface area contributed by atoms with Crippen molar-refractivity contribution in [2.45, 2.75) is 159 Å². The highest BCUT2D eigenvalue weighted by Gasteiger charge is 2.57. The standard InChI is InChI=1S/C33H52N2.C3H8.C2H6/c1-7-10-13-20-32(5)27(9-3)17-18-28-30-16-12-11-15-29(33(30,6)21-19-31(28)32)25(4)23-35-24-26(14-8-2)22-34-35;1-3-2;1-2/h22,24,27-31H,4,7,9-13,15-21,23H2,1-3,5-6H3;3H2,1-2H3;1-2H3. The largest absolute Gasteiger partial charge is 0.267 e. The van der Waals surface area contributed by atoms with Crippen LogP contribution in [0.5, 0.6) is 0 Å². The van der Waals surface area contributed by atoms with Crippen molar-refractivity contribution >= 4 is 0 Å². The van der Waals surface area contributed by atoms with Crippen LogP contribution in [0.1, 0.15) is 158 Å². The van der Waals surface area contributed by atoms with Crippen molar-refractivity contribution in [1.29, 1.82) is 0 Å². The van der Waals surface area contributed by atoms with Gasteiger partial charge in [0.1, 0.15) is 0 Å². The van der Waals surface area contributed by atoms with Crippen LogP contribution >= 0.6 is 0 Å². The molecule has 3 fully saturated rings. The van der Waals surface area contributed by atoms with Crippen molar-refractivity contribution in [2.75, 3.05) is 0 Å². The van der Waals surface area contributed by atoms with E-state index in [9.17, 15) is 0 Å². The van der Waals surface area contributed by atoms with Crippen molar-refractivity contribution in [3.8, 4) is 11.8 Å². The van der Waals surface area contributed by atoms with Crippen LogP contribution < -0.4 is 0 Å². The summed E-state index contributed by atoms with van der Waals surface area (Å²) in [5.41, 5.74) is 3.38. The summed E-state index contributed by atoms with van der Waals surface area (Å²) in [6.45, 7) is 25.9. The molecule has 0 N–H and O–H groups in total. The molecule has 1 heterocycles. The second-order valence-corrected chi connectivity index (χ2v) is 13.6. The number of nitrogens with zero attached hydrogens (tertiary/aromatic N) is 2. The molecule has 0 aromatic carbocycles. The Kier molecular flexibility index (Phi) is 14.6. The van der Waals surface area contributed by atoms with Gasteiger partial charge in [-0.25, -0.2) is 0 Å². The first-order valence-corrected chi connectivity index (χ1v) is 17.4. The van der Waals surface area contributed by atoms with E-state index < -0.39 is 0 Å². The first-order chi connectivity index (χ1) is 19.3. The molecule has 7 atom stereocenters. The molecule has 3 aliphatic carbocycles. The van der Waals surface area contributed by atoms with Crippen molar-refractivity contribution in [2.24, 2.45) is 40.4 Å². The molecule has 0 spiro atoms. The third-order valence-corrected chi connectivity index (χ3v) is 11.1. The Balaban J connectivity index is 0.00000105. The van der Waals surface area contributed by atoms with Gasteiger partial charge in [-0.15, -0.1) is 5.92 Å². The molecule has 7 unspecified atom stereocenters. The minimum atomic E-state index is 0.400. The Labute approximate surface area is 250 Å². The fraction of sp³-hybridized carbons (Fsp3) is 0.816. The number of hydrogen-bond donors (Lipinski definition) is 0. The lowest BCUT2D eigenvalue weighted by Crippen LogP contribution is -2.53. The quantitative estimate of drug-likeness (QED) is 0.179. The lowest BCUT2D eigenvalue weighted by atomic mass is 9.44. The van der Waals surface area contributed by atoms with E-state index >= 15 is 0 Å². The van der Waals surface area contributed by atoms with Gasteiger partial charge in [0.25, 0.3) is 0 Å². The molecule has 0 aliphatic heterocycles. The molecule has 4 rings (SSSR count). The second kappa shape index (κ2) is 16.8. The predicted octanol–water partition coefficient (Wildman–Crippen LogP) is 11.5. The SMILES string of the molecule is C=C(Cn1cc(C#CC)cn1)C1CCCCC2C3CCC(CC)C(C)(CCCCC)C3CCC12C.CC.CCC. The monoisotopic (exact) mass is 551 g/mol. The van der Waals surface area contributed by atoms with E-state index in [4.69, 9.17) is 6.58 Å². The van der Waals surface area contributed by atoms with E-state index in [2.05, 4.69) is 69.4 Å². The summed E-state index contributed by atoms with van der Waals surface area (Å²) in [5, 5.41) is 4.61. The Morgan fingerprint density at radius 3 is 2.35 bits per heavy atom. The van der Waals surface area contributed by atoms with E-state index in [1.54, 1.807) is 0 Å². The number of unbranched alkanes of at least 4 members (excludes halogenated alkanes) is 2. The summed E-state index contributed by atoms with van der Waals surface area (Å²) >= 11 is 0. The van der Waals surface area contributed by atoms with Gasteiger partial charge in [-0.2, -0.15) is 5.10 Å². The molecule has 0 bridgehead atoms. The predicted molar refractivity (Wildman–Crippen MR) is 176 cm³/mol. The van der Waals surface area contributed by atoms with Crippen LogP contribution in [0.25, 0.3) is 0 Å². The average molecular weight is 551 g/mol. The first kappa shape index (κ1) is 34.7. The van der Waals surface area contributed by atoms with Gasteiger partial charge < -0.3 is 0 Å². The summed E-state index contributed by atoms with van der Waals surface area (Å²) in [5.74, 6) is 10.4. The van der Waals surface area contributed by atoms with E-state index in [1.807, 2.05) is 27.0 Å². The van der Waals surface area contributed by atoms with Gasteiger partial charge in [0.2, 0.25) is 0 Å². The number of fused-ring (bicyclic) bond motifs is 3. The molecule has 0 radical (unpaired) electrons. The highest BCUT2D eigenvalue weighted by Crippen LogP contribution is 2.65. The molecule has 3 aliphatic rings. The Morgan fingerprint density at radius 1 is 1.00 bits per heavy atom. The Morgan fingerprint density at radius 2 is 1.70 bits per heavy atom. The molecule has 0 amide bonds. The molecule has 3 saturated carbocycles. The zero-order chi connectivity index (χ0) is 29.8. The lowest BCUT2D eigenvalue weighted by Gasteiger charge is -2.61. The van der Waals surface area contributed by atoms with Crippen molar-refractivity contribution in [1.82, 2.24) is 9.78 Å². The Bertz CT molecular complexity index is 931. The maximum atomic E-state index is 4.72. The summed E-state index contributed by atoms with van der Waals surface area (Å²) < 4.78 is 2.08. The van der Waals surface area contributed by atoms with E-state index in [0.29, 0.717) is 16.7 Å². The summed E-state index contributed by atoms with van der Waals surface area (Å²) in [7, 11) is 0. The smallest absolute Gasteiger partial charge is 0.0646 e. The third-order valence-electron chi connectivity index (χ3n) is 11.1. The molecule has 1 aromatic rings. The van der Waals surface area contributed by atoms with Crippen LogP contribution in [0, 0.1) is 52.3 Å². The van der Waals surface area contributed by atoms with Crippen molar-refractivity contribution in [3.63, 3.8) is 0 Å². The number of rotatable bonds is 8. The molecule has 1 aromatic heterocycles. The van der Waals surface area contributed by atoms with E-state index in [-0.39, 0.29) is 0 Å². The molecule has 40 heavy (non-hydrogen) atoms. The first-order valence-electron chi connectivity index (χ1n) is 17.4. The van der Waals surface area contributed by atoms with Crippen molar-refractivity contribution in [3.05, 3.63) is 30.1 Å². The van der Waals surface area contributed by atoms with Crippen LogP contribution in [-0.2, 0) is 6.54 Å². The highest BCUT2D eigenvalue weighted by molar-refractivity contribution is 5.29. The van der Waals surface area contributed by atoms with Crippen LogP contribution in [0.15, 0.2) is 24.5 Å². The van der Waals surface area contributed by atoms with Gasteiger partial charge in [-0.05, 0) is 92.3 Å². The normalized spacial score (nSPS) is 32.9. The summed E-state index contributed by atoms with van der Waals surface area (Å²) in [6.07, 6.45) is 23.6. The van der Waals surface area contributed by atoms with Crippen LogP contribution in [0.2, 0.25) is 0 Å². The van der Waals surface area contributed by atoms with Gasteiger partial charge in [-0.3, -0.25) is 4.68 Å². The van der Waals surface area contributed by atoms with Crippen molar-refractivity contribution < 1.29 is 0 Å². The van der Waals surface area contributed by atoms with Crippen LogP contribution in [-0.4, -0.2) is 9.78 Å². The average Bonchev–Trinajstić information content (AvgIpc) is 3.29. The van der Waals surface area contributed by atoms with Gasteiger partial charge in [0, 0.05) is 6.20 Å². The van der Waals surface area contributed by atoms with Gasteiger partial charge in [0.15, 0.2) is 0 Å². The lowest BCUT2D eigenvalue weighted by molar-refractivity contribution is -0.114. The van der Waals surface area contributed by atoms with E-state index in [1.165, 1.54) is 95.5 Å². The molecule has 228 valence electrons. The molecule has 0 saturated heterocycles. The zero-order valence-corrected chi connectivity index (χ0v) is 28.2. The minimum Gasteiger partial charge on any atom is -0.267 e. The molecule has 2 heteroatoms. The molecular weight excluding hydrogens is 484 g/mol. The van der Waals surface area contributed by atoms with E-state index in [0.717, 1.165) is 35.8 Å². The highest BCUT2D eigenvalue weighted by atomic mass is 15.3. The maximum Gasteiger partial charge on any atom is 0.0646 e. The van der Waals surface area contributed by atoms with Gasteiger partial charge in [-0.1, -0.05) is 118 Å². The zero-order valence-electron chi connectivity index (χ0n) is 28.2. The van der Waals surface area contributed by atoms with Crippen LogP contribution in [0.3, 0.4) is 0 Å². The third kappa shape index (κ3) is 7.86. The summed E-state index contributed by atoms with van der Waals surface area (Å²) in [6, 6.07) is 0. The Hall–Kier alpha value is -1.49. The topological polar surface area (TPSA) is 17.8 Å². The van der Waals surface area contributed by atoms with Crippen LogP contribution in [0.4, 0.5) is 0 Å². The molecular formula is C38H66N2. The number of aromatic nitrogens is 2. The fourth-order valence-electron chi connectivity index (χ4n) is 9.37. The van der Waals surface area contributed by atoms with Gasteiger partial charge >= 0.3 is 0 Å². The summed E-state index contributed by atoms with van der Waals surface area (Å²) in [4.78, 5) is 0. The number of hydrogen-bond acceptors (Lipinski definition) is 1. The number of allylic oxidation sites excluding steroid dienone is 1.